The molecule has 5 nitrogen and oxygen atoms in total. The molecule has 21 heavy (non-hydrogen) atoms. The maximum absolute atomic E-state index is 11.9. The van der Waals surface area contributed by atoms with Crippen molar-refractivity contribution >= 4 is 11.9 Å². The summed E-state index contributed by atoms with van der Waals surface area (Å²) in [7, 11) is 1.57. The summed E-state index contributed by atoms with van der Waals surface area (Å²) in [6.07, 6.45) is 4.80. The molecule has 5 heteroatoms. The van der Waals surface area contributed by atoms with Gasteiger partial charge >= 0.3 is 5.97 Å². The predicted molar refractivity (Wildman–Crippen MR) is 80.7 cm³/mol. The first-order valence-electron chi connectivity index (χ1n) is 7.27. The van der Waals surface area contributed by atoms with Crippen LogP contribution in [0.15, 0.2) is 24.3 Å². The van der Waals surface area contributed by atoms with E-state index in [0.29, 0.717) is 17.9 Å². The molecule has 1 aromatic rings. The molecule has 0 bridgehead atoms. The zero-order valence-electron chi connectivity index (χ0n) is 12.4. The van der Waals surface area contributed by atoms with E-state index in [1.165, 1.54) is 0 Å². The van der Waals surface area contributed by atoms with Crippen LogP contribution in [-0.2, 0) is 4.79 Å². The number of carbonyl (C=O) groups is 2. The first-order valence-corrected chi connectivity index (χ1v) is 7.27. The van der Waals surface area contributed by atoms with Gasteiger partial charge in [0.2, 0.25) is 0 Å². The smallest absolute Gasteiger partial charge is 0.303 e. The zero-order chi connectivity index (χ0) is 15.5. The highest BCUT2D eigenvalue weighted by atomic mass is 16.5. The van der Waals surface area contributed by atoms with E-state index in [4.69, 9.17) is 9.84 Å². The number of carbonyl (C=O) groups excluding carboxylic acids is 1. The van der Waals surface area contributed by atoms with Crippen LogP contribution in [0.2, 0.25) is 0 Å². The third-order valence-corrected chi connectivity index (χ3v) is 3.18. The normalized spacial score (nSPS) is 10.1. The molecule has 0 radical (unpaired) electrons. The van der Waals surface area contributed by atoms with Crippen molar-refractivity contribution in [2.45, 2.75) is 38.5 Å². The van der Waals surface area contributed by atoms with Crippen molar-refractivity contribution in [1.29, 1.82) is 0 Å². The van der Waals surface area contributed by atoms with Gasteiger partial charge in [-0.2, -0.15) is 0 Å². The first-order chi connectivity index (χ1) is 10.1. The number of aliphatic carboxylic acids is 1. The molecule has 0 heterocycles. The van der Waals surface area contributed by atoms with E-state index in [2.05, 4.69) is 5.32 Å². The van der Waals surface area contributed by atoms with Gasteiger partial charge in [0.05, 0.1) is 7.11 Å². The summed E-state index contributed by atoms with van der Waals surface area (Å²) in [6, 6.07) is 7.05. The lowest BCUT2D eigenvalue weighted by Gasteiger charge is -2.06. The predicted octanol–water partition coefficient (Wildman–Crippen LogP) is 2.85. The summed E-state index contributed by atoms with van der Waals surface area (Å²) < 4.78 is 5.08. The molecule has 0 atom stereocenters. The van der Waals surface area contributed by atoms with E-state index in [9.17, 15) is 9.59 Å². The standard InChI is InChI=1S/C16H23NO4/c1-21-14-9-7-8-13(12-14)16(20)17-11-6-4-2-3-5-10-15(18)19/h7-9,12H,2-6,10-11H2,1H3,(H,17,20)(H,18,19). The van der Waals surface area contributed by atoms with Crippen molar-refractivity contribution in [3.8, 4) is 5.75 Å². The Morgan fingerprint density at radius 1 is 1.14 bits per heavy atom. The zero-order valence-corrected chi connectivity index (χ0v) is 12.4. The molecule has 116 valence electrons. The molecule has 0 aliphatic carbocycles. The van der Waals surface area contributed by atoms with Crippen LogP contribution in [0.25, 0.3) is 0 Å². The second kappa shape index (κ2) is 9.80. The summed E-state index contributed by atoms with van der Waals surface area (Å²) in [5.74, 6) is -0.165. The number of carboxylic acid groups (broad SMARTS) is 1. The van der Waals surface area contributed by atoms with Gasteiger partial charge in [-0.05, 0) is 31.0 Å². The average Bonchev–Trinajstić information content (AvgIpc) is 2.49. The van der Waals surface area contributed by atoms with Crippen LogP contribution in [0.1, 0.15) is 48.9 Å². The van der Waals surface area contributed by atoms with Gasteiger partial charge in [0.25, 0.3) is 5.91 Å². The van der Waals surface area contributed by atoms with E-state index in [-0.39, 0.29) is 12.3 Å². The largest absolute Gasteiger partial charge is 0.497 e. The van der Waals surface area contributed by atoms with E-state index in [0.717, 1.165) is 32.1 Å². The van der Waals surface area contributed by atoms with E-state index < -0.39 is 5.97 Å². The Labute approximate surface area is 125 Å². The van der Waals surface area contributed by atoms with Crippen molar-refractivity contribution in [1.82, 2.24) is 5.32 Å². The van der Waals surface area contributed by atoms with Crippen molar-refractivity contribution in [3.05, 3.63) is 29.8 Å². The van der Waals surface area contributed by atoms with Gasteiger partial charge in [-0.15, -0.1) is 0 Å². The maximum Gasteiger partial charge on any atom is 0.303 e. The number of nitrogens with one attached hydrogen (secondary N) is 1. The lowest BCUT2D eigenvalue weighted by atomic mass is 10.1. The number of benzene rings is 1. The van der Waals surface area contributed by atoms with Crippen LogP contribution < -0.4 is 10.1 Å². The Morgan fingerprint density at radius 2 is 1.86 bits per heavy atom. The number of amides is 1. The first kappa shape index (κ1) is 17.0. The van der Waals surface area contributed by atoms with Crippen LogP contribution in [0.4, 0.5) is 0 Å². The molecule has 0 aliphatic heterocycles. The molecule has 0 spiro atoms. The third kappa shape index (κ3) is 7.34. The molecule has 0 saturated heterocycles. The molecule has 1 rings (SSSR count). The molecule has 0 aliphatic rings. The highest BCUT2D eigenvalue weighted by Gasteiger charge is 2.05. The van der Waals surface area contributed by atoms with Gasteiger partial charge in [-0.1, -0.05) is 25.3 Å². The van der Waals surface area contributed by atoms with Gasteiger partial charge in [0, 0.05) is 18.5 Å². The van der Waals surface area contributed by atoms with Crippen LogP contribution in [0.5, 0.6) is 5.75 Å². The molecule has 0 aromatic heterocycles. The van der Waals surface area contributed by atoms with E-state index >= 15 is 0 Å². The second-order valence-corrected chi connectivity index (χ2v) is 4.90. The number of unbranched alkanes of at least 4 members (excludes halogenated alkanes) is 4. The maximum atomic E-state index is 11.9. The van der Waals surface area contributed by atoms with Crippen molar-refractivity contribution < 1.29 is 19.4 Å². The monoisotopic (exact) mass is 293 g/mol. The number of rotatable bonds is 10. The fraction of sp³-hybridized carbons (Fsp3) is 0.500. The summed E-state index contributed by atoms with van der Waals surface area (Å²) >= 11 is 0. The lowest BCUT2D eigenvalue weighted by molar-refractivity contribution is -0.137. The van der Waals surface area contributed by atoms with Crippen molar-refractivity contribution in [3.63, 3.8) is 0 Å². The topological polar surface area (TPSA) is 75.6 Å². The van der Waals surface area contributed by atoms with Crippen molar-refractivity contribution in [2.75, 3.05) is 13.7 Å². The molecule has 0 unspecified atom stereocenters. The number of ether oxygens (including phenoxy) is 1. The fourth-order valence-corrected chi connectivity index (χ4v) is 2.00. The molecular weight excluding hydrogens is 270 g/mol. The lowest BCUT2D eigenvalue weighted by Crippen LogP contribution is -2.24. The molecule has 1 amide bonds. The summed E-state index contributed by atoms with van der Waals surface area (Å²) in [5.41, 5.74) is 0.593. The summed E-state index contributed by atoms with van der Waals surface area (Å²) in [4.78, 5) is 22.2. The average molecular weight is 293 g/mol. The quantitative estimate of drug-likeness (QED) is 0.650. The van der Waals surface area contributed by atoms with E-state index in [1.54, 1.807) is 31.4 Å². The molecule has 0 saturated carbocycles. The highest BCUT2D eigenvalue weighted by molar-refractivity contribution is 5.94. The van der Waals surface area contributed by atoms with Gasteiger partial charge < -0.3 is 15.2 Å². The minimum atomic E-state index is -0.736. The Kier molecular flexibility index (Phi) is 7.94. The highest BCUT2D eigenvalue weighted by Crippen LogP contribution is 2.12. The Bertz CT molecular complexity index is 459. The van der Waals surface area contributed by atoms with Crippen LogP contribution >= 0.6 is 0 Å². The number of hydrogen-bond acceptors (Lipinski definition) is 3. The third-order valence-electron chi connectivity index (χ3n) is 3.18. The van der Waals surface area contributed by atoms with Crippen molar-refractivity contribution in [2.24, 2.45) is 0 Å². The summed E-state index contributed by atoms with van der Waals surface area (Å²) in [5, 5.41) is 11.4. The molecule has 1 aromatic carbocycles. The molecular formula is C16H23NO4. The summed E-state index contributed by atoms with van der Waals surface area (Å²) in [6.45, 7) is 0.634. The minimum absolute atomic E-state index is 0.0974. The Morgan fingerprint density at radius 3 is 2.57 bits per heavy atom. The molecule has 2 N–H and O–H groups in total. The number of carboxylic acids is 1. The Balaban J connectivity index is 2.12. The number of hydrogen-bond donors (Lipinski definition) is 2. The fourth-order valence-electron chi connectivity index (χ4n) is 2.00. The second-order valence-electron chi connectivity index (χ2n) is 4.90. The van der Waals surface area contributed by atoms with Crippen LogP contribution in [0, 0.1) is 0 Å². The number of methoxy groups -OCH3 is 1. The molecule has 0 fully saturated rings. The minimum Gasteiger partial charge on any atom is -0.497 e. The van der Waals surface area contributed by atoms with Gasteiger partial charge in [-0.3, -0.25) is 9.59 Å². The van der Waals surface area contributed by atoms with Crippen LogP contribution in [0.3, 0.4) is 0 Å². The van der Waals surface area contributed by atoms with Gasteiger partial charge in [0.15, 0.2) is 0 Å². The Hall–Kier alpha value is -2.04. The van der Waals surface area contributed by atoms with E-state index in [1.807, 2.05) is 0 Å². The SMILES string of the molecule is COc1cccc(C(=O)NCCCCCCCC(=O)O)c1. The van der Waals surface area contributed by atoms with Gasteiger partial charge in [0.1, 0.15) is 5.75 Å². The van der Waals surface area contributed by atoms with Gasteiger partial charge in [-0.25, -0.2) is 0 Å². The van der Waals surface area contributed by atoms with Crippen LogP contribution in [-0.4, -0.2) is 30.6 Å².